The van der Waals surface area contributed by atoms with E-state index in [1.54, 1.807) is 0 Å². The number of hydrogen-bond donors (Lipinski definition) is 1. The van der Waals surface area contributed by atoms with E-state index in [2.05, 4.69) is 30.1 Å². The first-order chi connectivity index (χ1) is 10.2. The van der Waals surface area contributed by atoms with Gasteiger partial charge in [0, 0.05) is 0 Å². The molecule has 0 saturated heterocycles. The van der Waals surface area contributed by atoms with Gasteiger partial charge in [0.25, 0.3) is 6.02 Å². The van der Waals surface area contributed by atoms with Gasteiger partial charge in [0.05, 0.1) is 6.54 Å². The minimum absolute atomic E-state index is 0.0842. The Balaban J connectivity index is 1.67. The summed E-state index contributed by atoms with van der Waals surface area (Å²) in [4.78, 5) is 3.99. The van der Waals surface area contributed by atoms with Crippen LogP contribution in [0.2, 0.25) is 0 Å². The van der Waals surface area contributed by atoms with Gasteiger partial charge in [-0.3, -0.25) is 0 Å². The van der Waals surface area contributed by atoms with Crippen LogP contribution in [0.3, 0.4) is 0 Å². The van der Waals surface area contributed by atoms with Crippen molar-refractivity contribution in [1.29, 1.82) is 0 Å². The second-order valence-electron chi connectivity index (χ2n) is 5.07. The second-order valence-corrected chi connectivity index (χ2v) is 5.07. The quantitative estimate of drug-likeness (QED) is 0.938. The zero-order chi connectivity index (χ0) is 14.7. The molecule has 1 unspecified atom stereocenters. The Morgan fingerprint density at radius 2 is 2.05 bits per heavy atom. The number of ether oxygens (including phenoxy) is 2. The lowest BCUT2D eigenvalue weighted by molar-refractivity contribution is 0.141. The smallest absolute Gasteiger partial charge is 0.282 e. The second kappa shape index (κ2) is 5.87. The molecule has 3 rings (SSSR count). The number of amidine groups is 1. The number of nitrogens with two attached hydrogens (primary N) is 1. The van der Waals surface area contributed by atoms with Crippen LogP contribution in [0.4, 0.5) is 0 Å². The first kappa shape index (κ1) is 13.5. The monoisotopic (exact) mass is 282 g/mol. The summed E-state index contributed by atoms with van der Waals surface area (Å²) < 4.78 is 11.1. The maximum absolute atomic E-state index is 5.76. The minimum Gasteiger partial charge on any atom is -0.490 e. The van der Waals surface area contributed by atoms with Crippen molar-refractivity contribution < 1.29 is 9.47 Å². The van der Waals surface area contributed by atoms with E-state index < -0.39 is 0 Å². The maximum atomic E-state index is 5.76. The molecule has 0 fully saturated rings. The third-order valence-electron chi connectivity index (χ3n) is 3.46. The molecule has 0 spiro atoms. The zero-order valence-electron chi connectivity index (χ0n) is 12.0. The van der Waals surface area contributed by atoms with E-state index in [0.717, 1.165) is 5.75 Å². The van der Waals surface area contributed by atoms with Crippen LogP contribution < -0.4 is 10.5 Å². The summed E-state index contributed by atoms with van der Waals surface area (Å²) in [6, 6.07) is 16.7. The molecule has 0 aromatic heterocycles. The van der Waals surface area contributed by atoms with E-state index in [1.807, 2.05) is 30.3 Å². The van der Waals surface area contributed by atoms with Gasteiger partial charge in [-0.05, 0) is 35.7 Å². The van der Waals surface area contributed by atoms with E-state index in [0.29, 0.717) is 13.2 Å². The molecule has 0 radical (unpaired) electrons. The van der Waals surface area contributed by atoms with Crippen LogP contribution in [0.25, 0.3) is 11.1 Å². The molecule has 4 heteroatoms. The fraction of sp³-hybridized carbons (Fsp3) is 0.235. The Hall–Kier alpha value is -2.49. The molecule has 0 bridgehead atoms. The summed E-state index contributed by atoms with van der Waals surface area (Å²) >= 11 is 0. The average Bonchev–Trinajstić information content (AvgIpc) is 2.92. The Morgan fingerprint density at radius 3 is 2.71 bits per heavy atom. The minimum atomic E-state index is -0.0842. The number of aryl methyl sites for hydroxylation is 1. The lowest BCUT2D eigenvalue weighted by Gasteiger charge is -2.13. The van der Waals surface area contributed by atoms with E-state index in [-0.39, 0.29) is 12.1 Å². The molecule has 1 aliphatic heterocycles. The van der Waals surface area contributed by atoms with Crippen LogP contribution in [-0.2, 0) is 4.74 Å². The van der Waals surface area contributed by atoms with Crippen molar-refractivity contribution in [3.8, 4) is 16.9 Å². The average molecular weight is 282 g/mol. The van der Waals surface area contributed by atoms with Gasteiger partial charge in [0.2, 0.25) is 0 Å². The maximum Gasteiger partial charge on any atom is 0.282 e. The van der Waals surface area contributed by atoms with Crippen LogP contribution in [0.1, 0.15) is 5.56 Å². The van der Waals surface area contributed by atoms with Gasteiger partial charge in [-0.15, -0.1) is 0 Å². The highest BCUT2D eigenvalue weighted by Crippen LogP contribution is 2.26. The Labute approximate surface area is 124 Å². The number of benzene rings is 2. The molecule has 2 aromatic carbocycles. The predicted octanol–water partition coefficient (Wildman–Crippen LogP) is 2.75. The van der Waals surface area contributed by atoms with E-state index in [1.165, 1.54) is 16.7 Å². The van der Waals surface area contributed by atoms with Crippen molar-refractivity contribution in [3.63, 3.8) is 0 Å². The molecule has 1 heterocycles. The highest BCUT2D eigenvalue weighted by atomic mass is 16.5. The van der Waals surface area contributed by atoms with E-state index >= 15 is 0 Å². The topological polar surface area (TPSA) is 56.8 Å². The van der Waals surface area contributed by atoms with Crippen LogP contribution in [0.5, 0.6) is 5.75 Å². The molecule has 21 heavy (non-hydrogen) atoms. The van der Waals surface area contributed by atoms with Gasteiger partial charge in [-0.1, -0.05) is 36.4 Å². The van der Waals surface area contributed by atoms with Crippen molar-refractivity contribution in [3.05, 3.63) is 54.1 Å². The molecular weight excluding hydrogens is 264 g/mol. The molecule has 108 valence electrons. The molecular formula is C17H18N2O2. The number of aliphatic imine (C=N–C) groups is 1. The van der Waals surface area contributed by atoms with Crippen LogP contribution in [-0.4, -0.2) is 25.3 Å². The first-order valence-corrected chi connectivity index (χ1v) is 6.98. The molecule has 1 aliphatic rings. The largest absolute Gasteiger partial charge is 0.490 e. The van der Waals surface area contributed by atoms with Crippen molar-refractivity contribution >= 4 is 6.02 Å². The highest BCUT2D eigenvalue weighted by Gasteiger charge is 2.18. The first-order valence-electron chi connectivity index (χ1n) is 6.98. The fourth-order valence-electron chi connectivity index (χ4n) is 2.38. The van der Waals surface area contributed by atoms with Crippen LogP contribution in [0, 0.1) is 6.92 Å². The molecule has 0 amide bonds. The van der Waals surface area contributed by atoms with Crippen molar-refractivity contribution in [2.45, 2.75) is 13.0 Å². The number of nitrogens with zero attached hydrogens (tertiary/aromatic N) is 1. The molecule has 0 aliphatic carbocycles. The van der Waals surface area contributed by atoms with Crippen LogP contribution >= 0.6 is 0 Å². The molecule has 2 aromatic rings. The van der Waals surface area contributed by atoms with Crippen molar-refractivity contribution in [2.24, 2.45) is 10.7 Å². The summed E-state index contributed by atoms with van der Waals surface area (Å²) in [6.45, 7) is 3.10. The van der Waals surface area contributed by atoms with Crippen molar-refractivity contribution in [1.82, 2.24) is 0 Å². The molecule has 0 saturated carbocycles. The Bertz CT molecular complexity index is 653. The summed E-state index contributed by atoms with van der Waals surface area (Å²) in [5.41, 5.74) is 9.08. The lowest BCUT2D eigenvalue weighted by atomic mass is 10.0. The Kier molecular flexibility index (Phi) is 3.77. The molecule has 4 nitrogen and oxygen atoms in total. The SMILES string of the molecule is Cc1cc(OCC2CN=C(N)O2)ccc1-c1ccccc1. The summed E-state index contributed by atoms with van der Waals surface area (Å²) in [7, 11) is 0. The lowest BCUT2D eigenvalue weighted by Crippen LogP contribution is -2.24. The van der Waals surface area contributed by atoms with Gasteiger partial charge in [0.15, 0.2) is 6.10 Å². The zero-order valence-corrected chi connectivity index (χ0v) is 12.0. The number of hydrogen-bond acceptors (Lipinski definition) is 4. The third kappa shape index (κ3) is 3.16. The Morgan fingerprint density at radius 1 is 1.24 bits per heavy atom. The van der Waals surface area contributed by atoms with Gasteiger partial charge >= 0.3 is 0 Å². The van der Waals surface area contributed by atoms with E-state index in [9.17, 15) is 0 Å². The summed E-state index contributed by atoms with van der Waals surface area (Å²) in [6.07, 6.45) is -0.0842. The highest BCUT2D eigenvalue weighted by molar-refractivity contribution is 5.73. The molecule has 2 N–H and O–H groups in total. The van der Waals surface area contributed by atoms with Gasteiger partial charge < -0.3 is 15.2 Å². The standard InChI is InChI=1S/C17H18N2O2/c1-12-9-14(20-11-15-10-19-17(18)21-15)7-8-16(12)13-5-3-2-4-6-13/h2-9,15H,10-11H2,1H3,(H2,18,19). The van der Waals surface area contributed by atoms with Gasteiger partial charge in [-0.2, -0.15) is 0 Å². The van der Waals surface area contributed by atoms with Crippen molar-refractivity contribution in [2.75, 3.05) is 13.2 Å². The summed E-state index contributed by atoms with van der Waals surface area (Å²) in [5, 5.41) is 0. The van der Waals surface area contributed by atoms with Gasteiger partial charge in [0.1, 0.15) is 12.4 Å². The van der Waals surface area contributed by atoms with E-state index in [4.69, 9.17) is 15.2 Å². The molecule has 1 atom stereocenters. The normalized spacial score (nSPS) is 17.2. The van der Waals surface area contributed by atoms with Crippen LogP contribution in [0.15, 0.2) is 53.5 Å². The number of rotatable bonds is 4. The predicted molar refractivity (Wildman–Crippen MR) is 83.5 cm³/mol. The van der Waals surface area contributed by atoms with Gasteiger partial charge in [-0.25, -0.2) is 4.99 Å². The fourth-order valence-corrected chi connectivity index (χ4v) is 2.38. The third-order valence-corrected chi connectivity index (χ3v) is 3.46. The summed E-state index contributed by atoms with van der Waals surface area (Å²) in [5.74, 6) is 0.834.